The second-order valence-corrected chi connectivity index (χ2v) is 5.36. The van der Waals surface area contributed by atoms with Crippen molar-refractivity contribution < 1.29 is 9.53 Å². The number of carbonyl (C=O) groups excluding carboxylic acids is 1. The van der Waals surface area contributed by atoms with Gasteiger partial charge in [0.25, 0.3) is 5.56 Å². The van der Waals surface area contributed by atoms with Gasteiger partial charge in [-0.2, -0.15) is 0 Å². The van der Waals surface area contributed by atoms with E-state index in [2.05, 4.69) is 15.9 Å². The van der Waals surface area contributed by atoms with Gasteiger partial charge in [-0.1, -0.05) is 46.3 Å². The smallest absolute Gasteiger partial charge is 0.338 e. The maximum absolute atomic E-state index is 12.5. The number of hydrogen-bond acceptors (Lipinski definition) is 3. The number of alkyl halides is 1. The van der Waals surface area contributed by atoms with Crippen molar-refractivity contribution in [1.82, 2.24) is 4.57 Å². The van der Waals surface area contributed by atoms with E-state index in [1.165, 1.54) is 5.56 Å². The molecule has 2 rings (SSSR count). The Balaban J connectivity index is 2.23. The normalized spacial score (nSPS) is 10.5. The summed E-state index contributed by atoms with van der Waals surface area (Å²) < 4.78 is 6.62. The number of halogens is 1. The predicted octanol–water partition coefficient (Wildman–Crippen LogP) is 3.16. The SMILES string of the molecule is CCOC(=O)c1ccn(CCc2ccccc2)c(=O)c1CBr. The summed E-state index contributed by atoms with van der Waals surface area (Å²) in [6.45, 7) is 2.61. The third-order valence-corrected chi connectivity index (χ3v) is 3.94. The molecule has 4 nitrogen and oxygen atoms in total. The molecule has 116 valence electrons. The quantitative estimate of drug-likeness (QED) is 0.584. The average molecular weight is 364 g/mol. The summed E-state index contributed by atoms with van der Waals surface area (Å²) in [7, 11) is 0. The van der Waals surface area contributed by atoms with E-state index in [-0.39, 0.29) is 12.2 Å². The molecule has 0 N–H and O–H groups in total. The van der Waals surface area contributed by atoms with E-state index in [0.29, 0.717) is 23.0 Å². The number of hydrogen-bond donors (Lipinski definition) is 0. The van der Waals surface area contributed by atoms with E-state index >= 15 is 0 Å². The monoisotopic (exact) mass is 363 g/mol. The van der Waals surface area contributed by atoms with Crippen LogP contribution in [0.4, 0.5) is 0 Å². The first-order chi connectivity index (χ1) is 10.7. The predicted molar refractivity (Wildman–Crippen MR) is 89.4 cm³/mol. The summed E-state index contributed by atoms with van der Waals surface area (Å²) in [6, 6.07) is 11.6. The zero-order valence-electron chi connectivity index (χ0n) is 12.4. The van der Waals surface area contributed by atoms with Crippen LogP contribution in [0.15, 0.2) is 47.4 Å². The Kier molecular flexibility index (Phi) is 5.95. The van der Waals surface area contributed by atoms with Crippen molar-refractivity contribution in [2.45, 2.75) is 25.2 Å². The first kappa shape index (κ1) is 16.5. The maximum atomic E-state index is 12.5. The van der Waals surface area contributed by atoms with E-state index in [1.54, 1.807) is 23.8 Å². The molecule has 0 atom stereocenters. The zero-order valence-corrected chi connectivity index (χ0v) is 14.0. The van der Waals surface area contributed by atoms with Crippen LogP contribution in [0.5, 0.6) is 0 Å². The molecule has 5 heteroatoms. The largest absolute Gasteiger partial charge is 0.462 e. The van der Waals surface area contributed by atoms with Crippen LogP contribution < -0.4 is 5.56 Å². The molecule has 1 aromatic heterocycles. The lowest BCUT2D eigenvalue weighted by Gasteiger charge is -2.11. The first-order valence-corrected chi connectivity index (χ1v) is 8.28. The number of pyridine rings is 1. The Morgan fingerprint density at radius 3 is 2.59 bits per heavy atom. The molecular formula is C17H18BrNO3. The third kappa shape index (κ3) is 3.85. The van der Waals surface area contributed by atoms with Crippen molar-refractivity contribution in [3.05, 3.63) is 69.6 Å². The Labute approximate surface area is 137 Å². The van der Waals surface area contributed by atoms with E-state index in [1.807, 2.05) is 30.3 Å². The highest BCUT2D eigenvalue weighted by Gasteiger charge is 2.16. The van der Waals surface area contributed by atoms with Crippen LogP contribution in [-0.2, 0) is 23.0 Å². The van der Waals surface area contributed by atoms with Crippen LogP contribution in [0.2, 0.25) is 0 Å². The molecule has 22 heavy (non-hydrogen) atoms. The van der Waals surface area contributed by atoms with Crippen molar-refractivity contribution >= 4 is 21.9 Å². The topological polar surface area (TPSA) is 48.3 Å². The minimum atomic E-state index is -0.454. The van der Waals surface area contributed by atoms with Gasteiger partial charge in [0.1, 0.15) is 0 Å². The Bertz CT molecular complexity index is 695. The number of carbonyl (C=O) groups is 1. The van der Waals surface area contributed by atoms with Gasteiger partial charge in [-0.05, 0) is 25.0 Å². The number of esters is 1. The fourth-order valence-corrected chi connectivity index (χ4v) is 2.76. The summed E-state index contributed by atoms with van der Waals surface area (Å²) in [5.74, 6) is -0.454. The first-order valence-electron chi connectivity index (χ1n) is 7.16. The second kappa shape index (κ2) is 7.94. The fourth-order valence-electron chi connectivity index (χ4n) is 2.22. The van der Waals surface area contributed by atoms with Crippen molar-refractivity contribution in [3.63, 3.8) is 0 Å². The maximum Gasteiger partial charge on any atom is 0.338 e. The standard InChI is InChI=1S/C17H18BrNO3/c1-2-22-17(21)14-9-11-19(16(20)15(14)12-18)10-8-13-6-4-3-5-7-13/h3-7,9,11H,2,8,10,12H2,1H3. The fraction of sp³-hybridized carbons (Fsp3) is 0.294. The molecule has 0 saturated carbocycles. The number of nitrogens with zero attached hydrogens (tertiary/aromatic N) is 1. The molecule has 0 spiro atoms. The van der Waals surface area contributed by atoms with Gasteiger partial charge in [0.05, 0.1) is 12.2 Å². The summed E-state index contributed by atoms with van der Waals surface area (Å²) in [5.41, 5.74) is 1.79. The van der Waals surface area contributed by atoms with Crippen molar-refractivity contribution in [2.24, 2.45) is 0 Å². The molecule has 0 amide bonds. The Morgan fingerprint density at radius 2 is 1.95 bits per heavy atom. The van der Waals surface area contributed by atoms with Crippen LogP contribution in [0, 0.1) is 0 Å². The van der Waals surface area contributed by atoms with Crippen LogP contribution in [0.1, 0.15) is 28.4 Å². The van der Waals surface area contributed by atoms with Gasteiger partial charge in [-0.3, -0.25) is 4.79 Å². The lowest BCUT2D eigenvalue weighted by Crippen LogP contribution is -2.26. The minimum Gasteiger partial charge on any atom is -0.462 e. The summed E-state index contributed by atoms with van der Waals surface area (Å²) >= 11 is 3.29. The van der Waals surface area contributed by atoms with Crippen LogP contribution in [0.3, 0.4) is 0 Å². The molecule has 0 saturated heterocycles. The number of aromatic nitrogens is 1. The highest BCUT2D eigenvalue weighted by Crippen LogP contribution is 2.10. The highest BCUT2D eigenvalue weighted by atomic mass is 79.9. The molecule has 0 aliphatic heterocycles. The second-order valence-electron chi connectivity index (χ2n) is 4.80. The zero-order chi connectivity index (χ0) is 15.9. The number of benzene rings is 1. The molecule has 0 radical (unpaired) electrons. The number of aryl methyl sites for hydroxylation is 2. The summed E-state index contributed by atoms with van der Waals surface area (Å²) in [4.78, 5) is 24.4. The van der Waals surface area contributed by atoms with E-state index in [9.17, 15) is 9.59 Å². The lowest BCUT2D eigenvalue weighted by molar-refractivity contribution is 0.0525. The molecular weight excluding hydrogens is 346 g/mol. The van der Waals surface area contributed by atoms with Gasteiger partial charge < -0.3 is 9.30 Å². The molecule has 1 heterocycles. The van der Waals surface area contributed by atoms with E-state index in [0.717, 1.165) is 6.42 Å². The molecule has 0 unspecified atom stereocenters. The van der Waals surface area contributed by atoms with Crippen LogP contribution >= 0.6 is 15.9 Å². The average Bonchev–Trinajstić information content (AvgIpc) is 2.54. The van der Waals surface area contributed by atoms with Crippen molar-refractivity contribution in [2.75, 3.05) is 6.61 Å². The van der Waals surface area contributed by atoms with Crippen LogP contribution in [0.25, 0.3) is 0 Å². The van der Waals surface area contributed by atoms with Crippen LogP contribution in [-0.4, -0.2) is 17.1 Å². The molecule has 0 fully saturated rings. The molecule has 0 aliphatic carbocycles. The highest BCUT2D eigenvalue weighted by molar-refractivity contribution is 9.08. The third-order valence-electron chi connectivity index (χ3n) is 3.38. The van der Waals surface area contributed by atoms with Gasteiger partial charge in [-0.25, -0.2) is 4.79 Å². The van der Waals surface area contributed by atoms with Gasteiger partial charge in [-0.15, -0.1) is 0 Å². The van der Waals surface area contributed by atoms with E-state index < -0.39 is 5.97 Å². The van der Waals surface area contributed by atoms with Gasteiger partial charge in [0, 0.05) is 23.6 Å². The molecule has 2 aromatic rings. The number of rotatable bonds is 6. The summed E-state index contributed by atoms with van der Waals surface area (Å²) in [5, 5.41) is 0.326. The molecule has 0 bridgehead atoms. The van der Waals surface area contributed by atoms with Gasteiger partial charge >= 0.3 is 5.97 Å². The molecule has 1 aromatic carbocycles. The Morgan fingerprint density at radius 1 is 1.23 bits per heavy atom. The van der Waals surface area contributed by atoms with Gasteiger partial charge in [0.15, 0.2) is 0 Å². The lowest BCUT2D eigenvalue weighted by atomic mass is 10.1. The van der Waals surface area contributed by atoms with Gasteiger partial charge in [0.2, 0.25) is 0 Å². The Hall–Kier alpha value is -1.88. The summed E-state index contributed by atoms with van der Waals surface area (Å²) in [6.07, 6.45) is 2.42. The van der Waals surface area contributed by atoms with Crippen molar-refractivity contribution in [1.29, 1.82) is 0 Å². The van der Waals surface area contributed by atoms with E-state index in [4.69, 9.17) is 4.74 Å². The molecule has 0 aliphatic rings. The number of ether oxygens (including phenoxy) is 1. The minimum absolute atomic E-state index is 0.154. The van der Waals surface area contributed by atoms with Crippen molar-refractivity contribution in [3.8, 4) is 0 Å².